The van der Waals surface area contributed by atoms with E-state index in [1.165, 1.54) is 6.26 Å². The Kier molecular flexibility index (Phi) is 6.16. The molecule has 0 spiro atoms. The first kappa shape index (κ1) is 19.0. The van der Waals surface area contributed by atoms with Crippen LogP contribution in [0.15, 0.2) is 53.1 Å². The Morgan fingerprint density at radius 1 is 1.22 bits per heavy atom. The summed E-state index contributed by atoms with van der Waals surface area (Å²) >= 11 is 0. The molecule has 27 heavy (non-hydrogen) atoms. The predicted octanol–water partition coefficient (Wildman–Crippen LogP) is 2.92. The largest absolute Gasteiger partial charge is 0.459 e. The highest BCUT2D eigenvalue weighted by Gasteiger charge is 2.33. The molecule has 2 aromatic rings. The molecule has 1 aromatic carbocycles. The summed E-state index contributed by atoms with van der Waals surface area (Å²) in [6.07, 6.45) is 4.01. The molecule has 2 heterocycles. The van der Waals surface area contributed by atoms with Crippen LogP contribution in [-0.4, -0.2) is 48.9 Å². The van der Waals surface area contributed by atoms with Crippen molar-refractivity contribution in [2.45, 2.75) is 38.3 Å². The molecule has 1 aliphatic rings. The molecule has 3 rings (SSSR count). The van der Waals surface area contributed by atoms with Gasteiger partial charge >= 0.3 is 0 Å². The van der Waals surface area contributed by atoms with Crippen LogP contribution in [0.5, 0.6) is 0 Å². The summed E-state index contributed by atoms with van der Waals surface area (Å²) in [5.74, 6) is -0.0240. The minimum absolute atomic E-state index is 0.0945. The maximum Gasteiger partial charge on any atom is 0.290 e. The number of para-hydroxylation sites is 1. The number of likely N-dealkylation sites (N-methyl/N-ethyl adjacent to an activating group) is 1. The number of benzene rings is 1. The number of carbonyl (C=O) groups is 2. The molecule has 1 fully saturated rings. The second-order valence-electron chi connectivity index (χ2n) is 7.03. The lowest BCUT2D eigenvalue weighted by Crippen LogP contribution is -2.53. The maximum absolute atomic E-state index is 12.8. The van der Waals surface area contributed by atoms with Crippen molar-refractivity contribution in [3.05, 3.63) is 54.5 Å². The Morgan fingerprint density at radius 3 is 2.70 bits per heavy atom. The number of nitrogens with zero attached hydrogens (tertiary/aromatic N) is 2. The molecule has 6 heteroatoms. The number of anilines is 1. The number of likely N-dealkylation sites (tertiary alicyclic amines) is 1. The van der Waals surface area contributed by atoms with E-state index >= 15 is 0 Å². The molecule has 0 saturated carbocycles. The monoisotopic (exact) mass is 369 g/mol. The fourth-order valence-corrected chi connectivity index (χ4v) is 3.41. The molecule has 2 unspecified atom stereocenters. The fourth-order valence-electron chi connectivity index (χ4n) is 3.41. The molecular weight excluding hydrogens is 342 g/mol. The van der Waals surface area contributed by atoms with Gasteiger partial charge in [0, 0.05) is 31.9 Å². The quantitative estimate of drug-likeness (QED) is 0.850. The van der Waals surface area contributed by atoms with Gasteiger partial charge in [0.15, 0.2) is 5.76 Å². The van der Waals surface area contributed by atoms with Gasteiger partial charge in [0.2, 0.25) is 5.91 Å². The Bertz CT molecular complexity index is 745. The lowest BCUT2D eigenvalue weighted by molar-refractivity contribution is -0.126. The van der Waals surface area contributed by atoms with Crippen molar-refractivity contribution in [2.24, 2.45) is 0 Å². The third-order valence-corrected chi connectivity index (χ3v) is 5.19. The summed E-state index contributed by atoms with van der Waals surface area (Å²) in [5.41, 5.74) is 1.10. The van der Waals surface area contributed by atoms with E-state index in [0.717, 1.165) is 18.5 Å². The average molecular weight is 369 g/mol. The summed E-state index contributed by atoms with van der Waals surface area (Å²) in [5, 5.41) is 3.03. The first-order chi connectivity index (χ1) is 13.1. The zero-order valence-corrected chi connectivity index (χ0v) is 15.9. The summed E-state index contributed by atoms with van der Waals surface area (Å²) in [7, 11) is 2.01. The van der Waals surface area contributed by atoms with Crippen LogP contribution in [0, 0.1) is 0 Å². The van der Waals surface area contributed by atoms with Gasteiger partial charge in [-0.3, -0.25) is 9.59 Å². The second-order valence-corrected chi connectivity index (χ2v) is 7.03. The van der Waals surface area contributed by atoms with Crippen LogP contribution in [0.1, 0.15) is 36.7 Å². The number of hydrogen-bond acceptors (Lipinski definition) is 4. The number of carbonyl (C=O) groups excluding carboxylic acids is 2. The third-order valence-electron chi connectivity index (χ3n) is 5.19. The molecule has 1 saturated heterocycles. The lowest BCUT2D eigenvalue weighted by atomic mass is 10.0. The van der Waals surface area contributed by atoms with Crippen LogP contribution in [-0.2, 0) is 4.79 Å². The third kappa shape index (κ3) is 4.51. The van der Waals surface area contributed by atoms with Crippen LogP contribution < -0.4 is 10.2 Å². The smallest absolute Gasteiger partial charge is 0.290 e. The van der Waals surface area contributed by atoms with Gasteiger partial charge in [0.05, 0.1) is 6.26 Å². The molecule has 2 atom stereocenters. The van der Waals surface area contributed by atoms with E-state index in [1.807, 2.05) is 37.4 Å². The zero-order valence-electron chi connectivity index (χ0n) is 15.9. The van der Waals surface area contributed by atoms with E-state index in [-0.39, 0.29) is 23.6 Å². The number of rotatable bonds is 6. The van der Waals surface area contributed by atoms with E-state index in [4.69, 9.17) is 4.42 Å². The number of furan rings is 1. The van der Waals surface area contributed by atoms with Gasteiger partial charge in [0.25, 0.3) is 5.91 Å². The summed E-state index contributed by atoms with van der Waals surface area (Å²) in [6.45, 7) is 3.17. The highest BCUT2D eigenvalue weighted by atomic mass is 16.3. The maximum atomic E-state index is 12.8. The van der Waals surface area contributed by atoms with Crippen LogP contribution >= 0.6 is 0 Å². The van der Waals surface area contributed by atoms with Crippen molar-refractivity contribution in [1.82, 2.24) is 10.2 Å². The van der Waals surface area contributed by atoms with Gasteiger partial charge in [0.1, 0.15) is 6.04 Å². The number of nitrogens with one attached hydrogen (secondary N) is 1. The summed E-state index contributed by atoms with van der Waals surface area (Å²) in [4.78, 5) is 29.2. The van der Waals surface area contributed by atoms with Gasteiger partial charge in [-0.15, -0.1) is 0 Å². The minimum Gasteiger partial charge on any atom is -0.459 e. The molecule has 1 aliphatic heterocycles. The van der Waals surface area contributed by atoms with Crippen molar-refractivity contribution in [3.8, 4) is 0 Å². The summed E-state index contributed by atoms with van der Waals surface area (Å²) < 4.78 is 5.23. The molecule has 1 N–H and O–H groups in total. The van der Waals surface area contributed by atoms with Gasteiger partial charge in [-0.1, -0.05) is 18.2 Å². The Balaban J connectivity index is 1.59. The first-order valence-corrected chi connectivity index (χ1v) is 9.48. The van der Waals surface area contributed by atoms with Crippen molar-refractivity contribution < 1.29 is 14.0 Å². The standard InChI is InChI=1S/C21H27N3O3/c1-16(23(2)17-9-4-3-5-10-17)15-22-20(25)18-11-6-7-13-24(18)21(26)19-12-8-14-27-19/h3-5,8-10,12,14,16,18H,6-7,11,13,15H2,1-2H3,(H,22,25). The average Bonchev–Trinajstić information content (AvgIpc) is 3.26. The van der Waals surface area contributed by atoms with E-state index in [9.17, 15) is 9.59 Å². The molecule has 0 radical (unpaired) electrons. The van der Waals surface area contributed by atoms with E-state index in [2.05, 4.69) is 17.1 Å². The molecule has 144 valence electrons. The highest BCUT2D eigenvalue weighted by molar-refractivity contribution is 5.95. The van der Waals surface area contributed by atoms with Crippen molar-refractivity contribution >= 4 is 17.5 Å². The topological polar surface area (TPSA) is 65.8 Å². The summed E-state index contributed by atoms with van der Waals surface area (Å²) in [6, 6.07) is 13.1. The Labute approximate surface area is 160 Å². The van der Waals surface area contributed by atoms with E-state index < -0.39 is 6.04 Å². The van der Waals surface area contributed by atoms with E-state index in [1.54, 1.807) is 17.0 Å². The lowest BCUT2D eigenvalue weighted by Gasteiger charge is -2.35. The first-order valence-electron chi connectivity index (χ1n) is 9.48. The van der Waals surface area contributed by atoms with Crippen molar-refractivity contribution in [3.63, 3.8) is 0 Å². The van der Waals surface area contributed by atoms with Gasteiger partial charge in [-0.05, 0) is 50.5 Å². The Morgan fingerprint density at radius 2 is 2.00 bits per heavy atom. The number of piperidine rings is 1. The molecular formula is C21H27N3O3. The molecule has 0 aliphatic carbocycles. The Hall–Kier alpha value is -2.76. The van der Waals surface area contributed by atoms with Gasteiger partial charge in [-0.2, -0.15) is 0 Å². The fraction of sp³-hybridized carbons (Fsp3) is 0.429. The second kappa shape index (κ2) is 8.75. The van der Waals surface area contributed by atoms with Gasteiger partial charge in [-0.25, -0.2) is 0 Å². The zero-order chi connectivity index (χ0) is 19.2. The van der Waals surface area contributed by atoms with Crippen molar-refractivity contribution in [2.75, 3.05) is 25.0 Å². The van der Waals surface area contributed by atoms with Gasteiger partial charge < -0.3 is 19.5 Å². The number of hydrogen-bond donors (Lipinski definition) is 1. The molecule has 0 bridgehead atoms. The van der Waals surface area contributed by atoms with Crippen molar-refractivity contribution in [1.29, 1.82) is 0 Å². The predicted molar refractivity (Wildman–Crippen MR) is 105 cm³/mol. The van der Waals surface area contributed by atoms with E-state index in [0.29, 0.717) is 19.5 Å². The highest BCUT2D eigenvalue weighted by Crippen LogP contribution is 2.20. The SMILES string of the molecule is CC(CNC(=O)C1CCCCN1C(=O)c1ccco1)N(C)c1ccccc1. The normalized spacial score (nSPS) is 18.0. The van der Waals surface area contributed by atoms with Crippen LogP contribution in [0.3, 0.4) is 0 Å². The van der Waals surface area contributed by atoms with Crippen LogP contribution in [0.2, 0.25) is 0 Å². The van der Waals surface area contributed by atoms with Crippen LogP contribution in [0.4, 0.5) is 5.69 Å². The molecule has 1 aromatic heterocycles. The van der Waals surface area contributed by atoms with Crippen LogP contribution in [0.25, 0.3) is 0 Å². The number of amides is 2. The minimum atomic E-state index is -0.439. The molecule has 2 amide bonds. The molecule has 6 nitrogen and oxygen atoms in total.